The molecule has 5 nitrogen and oxygen atoms in total. The Bertz CT molecular complexity index is 817. The first-order valence-electron chi connectivity index (χ1n) is 9.47. The van der Waals surface area contributed by atoms with Crippen LogP contribution < -0.4 is 10.6 Å². The topological polar surface area (TPSA) is 71.1 Å². The minimum Gasteiger partial charge on any atom is -0.347 e. The molecule has 1 aliphatic carbocycles. The maximum atomic E-state index is 12.4. The summed E-state index contributed by atoms with van der Waals surface area (Å²) < 4.78 is 0. The number of anilines is 1. The second-order valence-corrected chi connectivity index (χ2v) is 9.16. The Morgan fingerprint density at radius 3 is 2.63 bits per heavy atom. The van der Waals surface area contributed by atoms with Crippen molar-refractivity contribution in [2.45, 2.75) is 58.4 Å². The SMILES string of the molecule is CC(C)(C)c1ncc(C(=O)NCc2cccc(NC(=O)C3CCCC3)c2)s1. The van der Waals surface area contributed by atoms with Crippen LogP contribution in [0.2, 0.25) is 0 Å². The number of nitrogens with zero attached hydrogens (tertiary/aromatic N) is 1. The predicted octanol–water partition coefficient (Wildman–Crippen LogP) is 4.50. The third kappa shape index (κ3) is 5.16. The number of nitrogens with one attached hydrogen (secondary N) is 2. The number of hydrogen-bond acceptors (Lipinski definition) is 4. The van der Waals surface area contributed by atoms with Crippen molar-refractivity contribution >= 4 is 28.8 Å². The molecule has 144 valence electrons. The van der Waals surface area contributed by atoms with E-state index in [1.54, 1.807) is 6.20 Å². The molecule has 0 aliphatic heterocycles. The summed E-state index contributed by atoms with van der Waals surface area (Å²) in [6.45, 7) is 6.66. The molecule has 1 fully saturated rings. The molecule has 2 aromatic rings. The van der Waals surface area contributed by atoms with Crippen molar-refractivity contribution in [3.8, 4) is 0 Å². The second kappa shape index (κ2) is 8.21. The van der Waals surface area contributed by atoms with E-state index in [2.05, 4.69) is 36.4 Å². The van der Waals surface area contributed by atoms with Gasteiger partial charge in [-0.2, -0.15) is 0 Å². The molecule has 6 heteroatoms. The molecule has 2 amide bonds. The normalized spacial score (nSPS) is 14.9. The van der Waals surface area contributed by atoms with Gasteiger partial charge in [0.25, 0.3) is 5.91 Å². The Morgan fingerprint density at radius 2 is 1.96 bits per heavy atom. The Labute approximate surface area is 164 Å². The van der Waals surface area contributed by atoms with Crippen LogP contribution in [-0.2, 0) is 16.8 Å². The van der Waals surface area contributed by atoms with Gasteiger partial charge in [-0.1, -0.05) is 45.7 Å². The van der Waals surface area contributed by atoms with Gasteiger partial charge in [0, 0.05) is 23.6 Å². The van der Waals surface area contributed by atoms with Crippen LogP contribution in [-0.4, -0.2) is 16.8 Å². The molecule has 1 aromatic carbocycles. The quantitative estimate of drug-likeness (QED) is 0.796. The van der Waals surface area contributed by atoms with Gasteiger partial charge in [0.1, 0.15) is 4.88 Å². The van der Waals surface area contributed by atoms with E-state index in [4.69, 9.17) is 0 Å². The fraction of sp³-hybridized carbons (Fsp3) is 0.476. The number of amides is 2. The fourth-order valence-electron chi connectivity index (χ4n) is 3.19. The van der Waals surface area contributed by atoms with Gasteiger partial charge in [-0.25, -0.2) is 4.98 Å². The Kier molecular flexibility index (Phi) is 5.95. The van der Waals surface area contributed by atoms with Crippen LogP contribution in [0.3, 0.4) is 0 Å². The van der Waals surface area contributed by atoms with E-state index in [1.165, 1.54) is 11.3 Å². The number of carbonyl (C=O) groups excluding carboxylic acids is 2. The van der Waals surface area contributed by atoms with Crippen molar-refractivity contribution < 1.29 is 9.59 Å². The Morgan fingerprint density at radius 1 is 1.22 bits per heavy atom. The van der Waals surface area contributed by atoms with Gasteiger partial charge < -0.3 is 10.6 Å². The highest BCUT2D eigenvalue weighted by molar-refractivity contribution is 7.13. The molecule has 0 unspecified atom stereocenters. The molecular weight excluding hydrogens is 358 g/mol. The van der Waals surface area contributed by atoms with Gasteiger partial charge in [-0.15, -0.1) is 11.3 Å². The molecule has 1 saturated carbocycles. The van der Waals surface area contributed by atoms with E-state index in [0.717, 1.165) is 41.9 Å². The van der Waals surface area contributed by atoms with Crippen LogP contribution in [0.5, 0.6) is 0 Å². The maximum absolute atomic E-state index is 12.4. The lowest BCUT2D eigenvalue weighted by Crippen LogP contribution is -2.22. The lowest BCUT2D eigenvalue weighted by Gasteiger charge is -2.13. The van der Waals surface area contributed by atoms with E-state index in [-0.39, 0.29) is 23.1 Å². The minimum absolute atomic E-state index is 0.0605. The van der Waals surface area contributed by atoms with Gasteiger partial charge >= 0.3 is 0 Å². The summed E-state index contributed by atoms with van der Waals surface area (Å²) in [6, 6.07) is 7.65. The highest BCUT2D eigenvalue weighted by atomic mass is 32.1. The van der Waals surface area contributed by atoms with Crippen LogP contribution in [0, 0.1) is 5.92 Å². The van der Waals surface area contributed by atoms with E-state index >= 15 is 0 Å². The summed E-state index contributed by atoms with van der Waals surface area (Å²) in [5, 5.41) is 6.89. The third-order valence-corrected chi connectivity index (χ3v) is 6.17. The van der Waals surface area contributed by atoms with Crippen molar-refractivity contribution in [2.24, 2.45) is 5.92 Å². The van der Waals surface area contributed by atoms with Crippen LogP contribution >= 0.6 is 11.3 Å². The zero-order valence-corrected chi connectivity index (χ0v) is 17.0. The largest absolute Gasteiger partial charge is 0.347 e. The molecule has 0 bridgehead atoms. The van der Waals surface area contributed by atoms with Gasteiger partial charge in [0.05, 0.1) is 11.2 Å². The molecule has 1 aliphatic rings. The molecule has 2 N–H and O–H groups in total. The number of hydrogen-bond donors (Lipinski definition) is 2. The molecule has 3 rings (SSSR count). The summed E-state index contributed by atoms with van der Waals surface area (Å²) >= 11 is 1.43. The summed E-state index contributed by atoms with van der Waals surface area (Å²) in [5.74, 6) is 0.119. The second-order valence-electron chi connectivity index (χ2n) is 8.13. The fourth-order valence-corrected chi connectivity index (χ4v) is 4.08. The van der Waals surface area contributed by atoms with Gasteiger partial charge in [-0.3, -0.25) is 9.59 Å². The standard InChI is InChI=1S/C21H27N3O2S/c1-21(2,3)20-23-13-17(27-20)19(26)22-12-14-7-6-10-16(11-14)24-18(25)15-8-4-5-9-15/h6-7,10-11,13,15H,4-5,8-9,12H2,1-3H3,(H,22,26)(H,24,25). The van der Waals surface area contributed by atoms with Crippen LogP contribution in [0.1, 0.15) is 66.7 Å². The first-order valence-corrected chi connectivity index (χ1v) is 10.3. The van der Waals surface area contributed by atoms with Crippen LogP contribution in [0.4, 0.5) is 5.69 Å². The van der Waals surface area contributed by atoms with Gasteiger partial charge in [0.15, 0.2) is 0 Å². The third-order valence-electron chi connectivity index (χ3n) is 4.74. The summed E-state index contributed by atoms with van der Waals surface area (Å²) in [4.78, 5) is 29.6. The number of benzene rings is 1. The molecular formula is C21H27N3O2S. The predicted molar refractivity (Wildman–Crippen MR) is 109 cm³/mol. The van der Waals surface area contributed by atoms with E-state index in [1.807, 2.05) is 24.3 Å². The average Bonchev–Trinajstić information content (AvgIpc) is 3.31. The van der Waals surface area contributed by atoms with Crippen LogP contribution in [0.25, 0.3) is 0 Å². The molecule has 27 heavy (non-hydrogen) atoms. The molecule has 0 saturated heterocycles. The zero-order valence-electron chi connectivity index (χ0n) is 16.2. The summed E-state index contributed by atoms with van der Waals surface area (Å²) in [7, 11) is 0. The average molecular weight is 386 g/mol. The summed E-state index contributed by atoms with van der Waals surface area (Å²) in [5.41, 5.74) is 1.68. The summed E-state index contributed by atoms with van der Waals surface area (Å²) in [6.07, 6.45) is 5.87. The molecule has 0 spiro atoms. The highest BCUT2D eigenvalue weighted by Crippen LogP contribution is 2.27. The molecule has 0 atom stereocenters. The number of thiazole rings is 1. The molecule has 1 aromatic heterocycles. The lowest BCUT2D eigenvalue weighted by atomic mass is 9.98. The zero-order chi connectivity index (χ0) is 19.4. The lowest BCUT2D eigenvalue weighted by molar-refractivity contribution is -0.119. The minimum atomic E-state index is -0.122. The van der Waals surface area contributed by atoms with Crippen molar-refractivity contribution in [1.82, 2.24) is 10.3 Å². The van der Waals surface area contributed by atoms with Crippen molar-refractivity contribution in [3.63, 3.8) is 0 Å². The van der Waals surface area contributed by atoms with E-state index in [0.29, 0.717) is 11.4 Å². The maximum Gasteiger partial charge on any atom is 0.263 e. The number of aromatic nitrogens is 1. The van der Waals surface area contributed by atoms with E-state index in [9.17, 15) is 9.59 Å². The first kappa shape index (κ1) is 19.5. The molecule has 0 radical (unpaired) electrons. The first-order chi connectivity index (χ1) is 12.8. The van der Waals surface area contributed by atoms with E-state index < -0.39 is 0 Å². The number of rotatable bonds is 5. The Balaban J connectivity index is 1.57. The van der Waals surface area contributed by atoms with Gasteiger partial charge in [0.2, 0.25) is 5.91 Å². The Hall–Kier alpha value is -2.21. The highest BCUT2D eigenvalue weighted by Gasteiger charge is 2.23. The van der Waals surface area contributed by atoms with Gasteiger partial charge in [-0.05, 0) is 30.5 Å². The smallest absolute Gasteiger partial charge is 0.263 e. The monoisotopic (exact) mass is 385 g/mol. The van der Waals surface area contributed by atoms with Crippen molar-refractivity contribution in [1.29, 1.82) is 0 Å². The molecule has 1 heterocycles. The van der Waals surface area contributed by atoms with Crippen molar-refractivity contribution in [3.05, 3.63) is 45.9 Å². The number of carbonyl (C=O) groups is 2. The van der Waals surface area contributed by atoms with Crippen molar-refractivity contribution in [2.75, 3.05) is 5.32 Å². The van der Waals surface area contributed by atoms with Crippen LogP contribution in [0.15, 0.2) is 30.5 Å².